The van der Waals surface area contributed by atoms with E-state index in [0.717, 1.165) is 0 Å². The molecule has 0 radical (unpaired) electrons. The van der Waals surface area contributed by atoms with Crippen LogP contribution in [-0.4, -0.2) is 63.0 Å². The summed E-state index contributed by atoms with van der Waals surface area (Å²) in [6.07, 6.45) is -2.94. The molecule has 112 valence electrons. The molecule has 0 aliphatic carbocycles. The maximum Gasteiger partial charge on any atom is 0.401 e. The zero-order valence-corrected chi connectivity index (χ0v) is 10.9. The highest BCUT2D eigenvalue weighted by atomic mass is 19.4. The summed E-state index contributed by atoms with van der Waals surface area (Å²) in [6, 6.07) is -0.556. The van der Waals surface area contributed by atoms with Crippen molar-refractivity contribution in [1.29, 1.82) is 0 Å². The van der Waals surface area contributed by atoms with Crippen molar-refractivity contribution in [2.45, 2.75) is 25.1 Å². The van der Waals surface area contributed by atoms with Crippen LogP contribution in [0.25, 0.3) is 0 Å². The Morgan fingerprint density at radius 2 is 2.21 bits per heavy atom. The van der Waals surface area contributed by atoms with Gasteiger partial charge < -0.3 is 15.4 Å². The molecule has 1 unspecified atom stereocenters. The van der Waals surface area contributed by atoms with Crippen LogP contribution in [0, 0.1) is 0 Å². The van der Waals surface area contributed by atoms with Gasteiger partial charge in [-0.2, -0.15) is 13.2 Å². The van der Waals surface area contributed by atoms with Crippen molar-refractivity contribution in [3.63, 3.8) is 0 Å². The molecule has 0 aromatic carbocycles. The third-order valence-corrected chi connectivity index (χ3v) is 2.82. The third-order valence-electron chi connectivity index (χ3n) is 2.82. The van der Waals surface area contributed by atoms with Crippen molar-refractivity contribution in [3.05, 3.63) is 0 Å². The van der Waals surface area contributed by atoms with E-state index in [1.807, 2.05) is 0 Å². The topological polar surface area (TPSA) is 53.6 Å². The van der Waals surface area contributed by atoms with E-state index in [1.165, 1.54) is 4.90 Å². The lowest BCUT2D eigenvalue weighted by molar-refractivity contribution is -0.143. The maximum atomic E-state index is 12.2. The Bertz CT molecular complexity index is 287. The van der Waals surface area contributed by atoms with Gasteiger partial charge in [0, 0.05) is 39.4 Å². The minimum atomic E-state index is -4.18. The average molecular weight is 283 g/mol. The van der Waals surface area contributed by atoms with Crippen LogP contribution in [-0.2, 0) is 4.74 Å². The molecule has 1 atom stereocenters. The van der Waals surface area contributed by atoms with Gasteiger partial charge in [0.15, 0.2) is 0 Å². The van der Waals surface area contributed by atoms with E-state index in [-0.39, 0.29) is 18.6 Å². The normalized spacial score (nSPS) is 20.5. The first-order valence-electron chi connectivity index (χ1n) is 6.23. The lowest BCUT2D eigenvalue weighted by Gasteiger charge is -2.18. The maximum absolute atomic E-state index is 12.2. The fourth-order valence-corrected chi connectivity index (χ4v) is 2.00. The Kier molecular flexibility index (Phi) is 6.36. The van der Waals surface area contributed by atoms with Crippen molar-refractivity contribution in [1.82, 2.24) is 15.5 Å². The van der Waals surface area contributed by atoms with Crippen LogP contribution in [0.2, 0.25) is 0 Å². The number of hydrogen-bond acceptors (Lipinski definition) is 3. The van der Waals surface area contributed by atoms with E-state index < -0.39 is 12.7 Å². The number of alkyl halides is 3. The van der Waals surface area contributed by atoms with Gasteiger partial charge >= 0.3 is 12.2 Å². The Morgan fingerprint density at radius 3 is 2.84 bits per heavy atom. The van der Waals surface area contributed by atoms with Crippen molar-refractivity contribution < 1.29 is 22.7 Å². The summed E-state index contributed by atoms with van der Waals surface area (Å²) >= 11 is 0. The number of methoxy groups -OCH3 is 1. The number of halogens is 3. The second-order valence-electron chi connectivity index (χ2n) is 4.58. The van der Waals surface area contributed by atoms with Crippen LogP contribution in [0.3, 0.4) is 0 Å². The molecule has 0 saturated carbocycles. The lowest BCUT2D eigenvalue weighted by Crippen LogP contribution is -2.44. The predicted molar refractivity (Wildman–Crippen MR) is 63.9 cm³/mol. The second kappa shape index (κ2) is 7.54. The molecule has 2 N–H and O–H groups in total. The molecule has 1 aliphatic rings. The molecule has 19 heavy (non-hydrogen) atoms. The monoisotopic (exact) mass is 283 g/mol. The number of urea groups is 1. The molecular formula is C11H20F3N3O2. The van der Waals surface area contributed by atoms with Gasteiger partial charge in [-0.25, -0.2) is 4.79 Å². The molecule has 1 rings (SSSR count). The fraction of sp³-hybridized carbons (Fsp3) is 0.909. The minimum Gasteiger partial charge on any atom is -0.385 e. The molecule has 1 saturated heterocycles. The zero-order valence-electron chi connectivity index (χ0n) is 10.9. The number of ether oxygens (including phenoxy) is 1. The molecule has 1 aliphatic heterocycles. The number of likely N-dealkylation sites (tertiary alicyclic amines) is 1. The first kappa shape index (κ1) is 16.0. The molecule has 1 fully saturated rings. The van der Waals surface area contributed by atoms with E-state index in [2.05, 4.69) is 10.6 Å². The highest BCUT2D eigenvalue weighted by Gasteiger charge is 2.34. The highest BCUT2D eigenvalue weighted by molar-refractivity contribution is 5.74. The molecule has 0 spiro atoms. The molecule has 0 aromatic rings. The van der Waals surface area contributed by atoms with E-state index in [1.54, 1.807) is 7.11 Å². The lowest BCUT2D eigenvalue weighted by atomic mass is 10.3. The second-order valence-corrected chi connectivity index (χ2v) is 4.58. The SMILES string of the molecule is COCCCNC(=O)NC1CCN(CC(F)(F)F)C1. The van der Waals surface area contributed by atoms with Crippen molar-refractivity contribution in [2.75, 3.05) is 39.9 Å². The zero-order chi connectivity index (χ0) is 14.3. The van der Waals surface area contributed by atoms with E-state index in [4.69, 9.17) is 4.74 Å². The summed E-state index contributed by atoms with van der Waals surface area (Å²) in [7, 11) is 1.58. The summed E-state index contributed by atoms with van der Waals surface area (Å²) < 4.78 is 41.4. The van der Waals surface area contributed by atoms with Crippen molar-refractivity contribution in [3.8, 4) is 0 Å². The number of nitrogens with zero attached hydrogens (tertiary/aromatic N) is 1. The number of carbonyl (C=O) groups is 1. The number of hydrogen-bond donors (Lipinski definition) is 2. The predicted octanol–water partition coefficient (Wildman–Crippen LogP) is 0.959. The van der Waals surface area contributed by atoms with Gasteiger partial charge in [0.25, 0.3) is 0 Å². The van der Waals surface area contributed by atoms with E-state index in [0.29, 0.717) is 32.5 Å². The largest absolute Gasteiger partial charge is 0.401 e. The van der Waals surface area contributed by atoms with Crippen LogP contribution in [0.1, 0.15) is 12.8 Å². The van der Waals surface area contributed by atoms with Gasteiger partial charge in [0.05, 0.1) is 6.54 Å². The Morgan fingerprint density at radius 1 is 1.47 bits per heavy atom. The first-order valence-corrected chi connectivity index (χ1v) is 6.23. The van der Waals surface area contributed by atoms with E-state index >= 15 is 0 Å². The third kappa shape index (κ3) is 7.22. The van der Waals surface area contributed by atoms with Gasteiger partial charge in [-0.3, -0.25) is 4.90 Å². The van der Waals surface area contributed by atoms with Crippen molar-refractivity contribution in [2.24, 2.45) is 0 Å². The molecule has 1 heterocycles. The van der Waals surface area contributed by atoms with Crippen LogP contribution >= 0.6 is 0 Å². The molecular weight excluding hydrogens is 263 g/mol. The molecule has 0 aromatic heterocycles. The number of amides is 2. The minimum absolute atomic E-state index is 0.218. The number of rotatable bonds is 6. The highest BCUT2D eigenvalue weighted by Crippen LogP contribution is 2.19. The summed E-state index contributed by atoms with van der Waals surface area (Å²) in [6.45, 7) is 0.724. The fourth-order valence-electron chi connectivity index (χ4n) is 2.00. The van der Waals surface area contributed by atoms with Gasteiger partial charge in [-0.05, 0) is 12.8 Å². The van der Waals surface area contributed by atoms with E-state index in [9.17, 15) is 18.0 Å². The summed E-state index contributed by atoms with van der Waals surface area (Å²) in [5.41, 5.74) is 0. The number of carbonyl (C=O) groups excluding carboxylic acids is 1. The Hall–Kier alpha value is -1.02. The Labute approximate surface area is 110 Å². The number of nitrogens with one attached hydrogen (secondary N) is 2. The standard InChI is InChI=1S/C11H20F3N3O2/c1-19-6-2-4-15-10(18)16-9-3-5-17(7-9)8-11(12,13)14/h9H,2-8H2,1H3,(H2,15,16,18). The quantitative estimate of drug-likeness (QED) is 0.714. The van der Waals surface area contributed by atoms with Crippen LogP contribution in [0.5, 0.6) is 0 Å². The average Bonchev–Trinajstić information content (AvgIpc) is 2.69. The first-order chi connectivity index (χ1) is 8.90. The molecule has 8 heteroatoms. The Balaban J connectivity index is 2.15. The van der Waals surface area contributed by atoms with Gasteiger partial charge in [0.1, 0.15) is 0 Å². The van der Waals surface area contributed by atoms with Gasteiger partial charge in [0.2, 0.25) is 0 Å². The summed E-state index contributed by atoms with van der Waals surface area (Å²) in [5, 5.41) is 5.31. The molecule has 0 bridgehead atoms. The summed E-state index contributed by atoms with van der Waals surface area (Å²) in [4.78, 5) is 12.8. The smallest absolute Gasteiger partial charge is 0.385 e. The van der Waals surface area contributed by atoms with Gasteiger partial charge in [-0.15, -0.1) is 0 Å². The van der Waals surface area contributed by atoms with Crippen LogP contribution < -0.4 is 10.6 Å². The van der Waals surface area contributed by atoms with Gasteiger partial charge in [-0.1, -0.05) is 0 Å². The molecule has 2 amide bonds. The van der Waals surface area contributed by atoms with Crippen LogP contribution in [0.4, 0.5) is 18.0 Å². The van der Waals surface area contributed by atoms with Crippen molar-refractivity contribution >= 4 is 6.03 Å². The molecule has 5 nitrogen and oxygen atoms in total. The van der Waals surface area contributed by atoms with Crippen LogP contribution in [0.15, 0.2) is 0 Å². The summed E-state index contributed by atoms with van der Waals surface area (Å²) in [5.74, 6) is 0.